The summed E-state index contributed by atoms with van der Waals surface area (Å²) in [6.45, 7) is 4.79. The molecule has 1 saturated heterocycles. The van der Waals surface area contributed by atoms with Crippen molar-refractivity contribution < 1.29 is 9.53 Å². The zero-order valence-electron chi connectivity index (χ0n) is 12.2. The van der Waals surface area contributed by atoms with E-state index in [2.05, 4.69) is 5.32 Å². The fraction of sp³-hybridized carbons (Fsp3) is 0.714. The van der Waals surface area contributed by atoms with Crippen molar-refractivity contribution >= 4 is 23.4 Å². The zero-order chi connectivity index (χ0) is 14.9. The number of alkyl halides is 1. The molecule has 1 saturated carbocycles. The number of rotatable bonds is 5. The minimum atomic E-state index is -0.673. The van der Waals surface area contributed by atoms with Crippen LogP contribution in [0.5, 0.6) is 0 Å². The maximum absolute atomic E-state index is 11.8. The molecule has 0 aromatic carbocycles. The topological polar surface area (TPSA) is 65.4 Å². The van der Waals surface area contributed by atoms with Crippen LogP contribution in [0.1, 0.15) is 26.7 Å². The number of amides is 1. The molecule has 0 bridgehead atoms. The summed E-state index contributed by atoms with van der Waals surface area (Å²) in [4.78, 5) is 12.9. The van der Waals surface area contributed by atoms with Crippen LogP contribution in [0.15, 0.2) is 11.8 Å². The quantitative estimate of drug-likeness (QED) is 0.461. The zero-order valence-corrected chi connectivity index (χ0v) is 13.0. The van der Waals surface area contributed by atoms with Gasteiger partial charge in [-0.25, -0.2) is 0 Å². The number of hydrogen-bond acceptors (Lipinski definition) is 4. The number of carbonyl (C=O) groups excluding carboxylic acids is 1. The highest BCUT2D eigenvalue weighted by Crippen LogP contribution is 2.33. The first-order valence-electron chi connectivity index (χ1n) is 6.94. The Morgan fingerprint density at radius 2 is 2.05 bits per heavy atom. The Bertz CT molecular complexity index is 432. The molecule has 1 heterocycles. The predicted molar refractivity (Wildman–Crippen MR) is 79.0 cm³/mol. The monoisotopic (exact) mass is 299 g/mol. The molecule has 0 atom stereocenters. The lowest BCUT2D eigenvalue weighted by atomic mass is 10.0. The number of carbonyl (C=O) groups is 1. The van der Waals surface area contributed by atoms with Gasteiger partial charge in [-0.1, -0.05) is 0 Å². The maximum atomic E-state index is 11.8. The standard InChI is InChI=1S/C14H22ClN3O2/c1-14(2,15)11(6-17-3)12(16)20-10-7-18(8-10)13(19)9-4-5-9/h6,9-10,16-17H,4-5,7-8H2,1-3H3/b11-6-,16-12?. The van der Waals surface area contributed by atoms with E-state index in [9.17, 15) is 4.79 Å². The maximum Gasteiger partial charge on any atom is 0.225 e. The van der Waals surface area contributed by atoms with Crippen molar-refractivity contribution in [2.24, 2.45) is 5.92 Å². The van der Waals surface area contributed by atoms with Gasteiger partial charge in [0.2, 0.25) is 11.8 Å². The number of nitrogens with one attached hydrogen (secondary N) is 2. The van der Waals surface area contributed by atoms with Crippen LogP contribution in [0.4, 0.5) is 0 Å². The molecule has 0 aromatic heterocycles. The van der Waals surface area contributed by atoms with E-state index in [0.717, 1.165) is 12.8 Å². The first-order valence-corrected chi connectivity index (χ1v) is 7.32. The summed E-state index contributed by atoms with van der Waals surface area (Å²) in [6.07, 6.45) is 3.63. The number of ether oxygens (including phenoxy) is 1. The van der Waals surface area contributed by atoms with Crippen LogP contribution in [-0.2, 0) is 9.53 Å². The molecule has 5 nitrogen and oxygen atoms in total. The normalized spacial score (nSPS) is 20.4. The van der Waals surface area contributed by atoms with E-state index in [1.165, 1.54) is 0 Å². The molecule has 0 aromatic rings. The Morgan fingerprint density at radius 1 is 1.45 bits per heavy atom. The molecule has 6 heteroatoms. The van der Waals surface area contributed by atoms with Gasteiger partial charge in [0.1, 0.15) is 6.10 Å². The second-order valence-electron chi connectivity index (χ2n) is 5.91. The summed E-state index contributed by atoms with van der Waals surface area (Å²) in [5, 5.41) is 10.9. The fourth-order valence-corrected chi connectivity index (χ4v) is 2.30. The van der Waals surface area contributed by atoms with Crippen molar-refractivity contribution in [3.63, 3.8) is 0 Å². The van der Waals surface area contributed by atoms with Gasteiger partial charge in [0.15, 0.2) is 0 Å². The van der Waals surface area contributed by atoms with E-state index in [1.54, 1.807) is 13.2 Å². The van der Waals surface area contributed by atoms with Crippen molar-refractivity contribution in [2.75, 3.05) is 20.1 Å². The van der Waals surface area contributed by atoms with Crippen molar-refractivity contribution in [1.82, 2.24) is 10.2 Å². The molecule has 1 aliphatic heterocycles. The third-order valence-electron chi connectivity index (χ3n) is 3.54. The molecule has 2 rings (SSSR count). The molecular formula is C14H22ClN3O2. The summed E-state index contributed by atoms with van der Waals surface area (Å²) in [6, 6.07) is 0. The van der Waals surface area contributed by atoms with Crippen molar-refractivity contribution in [3.8, 4) is 0 Å². The first-order chi connectivity index (χ1) is 9.32. The third-order valence-corrected chi connectivity index (χ3v) is 3.75. The minimum Gasteiger partial charge on any atom is -0.471 e. The summed E-state index contributed by atoms with van der Waals surface area (Å²) in [5.41, 5.74) is 0.605. The van der Waals surface area contributed by atoms with Crippen LogP contribution in [-0.4, -0.2) is 47.8 Å². The van der Waals surface area contributed by atoms with E-state index in [4.69, 9.17) is 21.7 Å². The average molecular weight is 300 g/mol. The van der Waals surface area contributed by atoms with Crippen LogP contribution in [0.25, 0.3) is 0 Å². The Balaban J connectivity index is 1.83. The van der Waals surface area contributed by atoms with E-state index in [0.29, 0.717) is 18.7 Å². The van der Waals surface area contributed by atoms with E-state index in [1.807, 2.05) is 18.7 Å². The van der Waals surface area contributed by atoms with Gasteiger partial charge in [-0.2, -0.15) is 0 Å². The van der Waals surface area contributed by atoms with Crippen LogP contribution < -0.4 is 5.32 Å². The van der Waals surface area contributed by atoms with Crippen molar-refractivity contribution in [3.05, 3.63) is 11.8 Å². The lowest BCUT2D eigenvalue weighted by Gasteiger charge is -2.39. The van der Waals surface area contributed by atoms with Crippen molar-refractivity contribution in [1.29, 1.82) is 5.41 Å². The van der Waals surface area contributed by atoms with Crippen LogP contribution >= 0.6 is 11.6 Å². The summed E-state index contributed by atoms with van der Waals surface area (Å²) < 4.78 is 5.60. The van der Waals surface area contributed by atoms with Gasteiger partial charge >= 0.3 is 0 Å². The summed E-state index contributed by atoms with van der Waals surface area (Å²) in [5.74, 6) is 0.555. The number of likely N-dealkylation sites (tertiary alicyclic amines) is 1. The highest BCUT2D eigenvalue weighted by Gasteiger charge is 2.40. The number of nitrogens with zero attached hydrogens (tertiary/aromatic N) is 1. The van der Waals surface area contributed by atoms with Gasteiger partial charge in [-0.15, -0.1) is 11.6 Å². The van der Waals surface area contributed by atoms with Gasteiger partial charge < -0.3 is 15.0 Å². The fourth-order valence-electron chi connectivity index (χ4n) is 2.16. The Kier molecular flexibility index (Phi) is 4.28. The molecule has 1 amide bonds. The Labute approximate surface area is 124 Å². The van der Waals surface area contributed by atoms with Gasteiger partial charge in [-0.05, 0) is 26.7 Å². The van der Waals surface area contributed by atoms with E-state index >= 15 is 0 Å². The second kappa shape index (κ2) is 5.64. The van der Waals surface area contributed by atoms with Gasteiger partial charge in [0, 0.05) is 24.7 Å². The Morgan fingerprint density at radius 3 is 2.50 bits per heavy atom. The summed E-state index contributed by atoms with van der Waals surface area (Å²) in [7, 11) is 1.76. The SMILES string of the molecule is CN/C=C(/C(=N)OC1CN(C(=O)C2CC2)C1)C(C)(C)Cl. The predicted octanol–water partition coefficient (Wildman–Crippen LogP) is 1.72. The number of hydrogen-bond donors (Lipinski definition) is 2. The van der Waals surface area contributed by atoms with E-state index < -0.39 is 4.87 Å². The van der Waals surface area contributed by atoms with Crippen LogP contribution in [0.2, 0.25) is 0 Å². The molecular weight excluding hydrogens is 278 g/mol. The molecule has 112 valence electrons. The highest BCUT2D eigenvalue weighted by atomic mass is 35.5. The molecule has 2 N–H and O–H groups in total. The lowest BCUT2D eigenvalue weighted by molar-refractivity contribution is -0.141. The molecule has 1 aliphatic carbocycles. The molecule has 0 unspecified atom stereocenters. The Hall–Kier alpha value is -1.23. The molecule has 2 fully saturated rings. The van der Waals surface area contributed by atoms with Gasteiger partial charge in [0.05, 0.1) is 18.0 Å². The van der Waals surface area contributed by atoms with E-state index in [-0.39, 0.29) is 23.8 Å². The largest absolute Gasteiger partial charge is 0.471 e. The lowest BCUT2D eigenvalue weighted by Crippen LogP contribution is -2.56. The van der Waals surface area contributed by atoms with Crippen LogP contribution in [0.3, 0.4) is 0 Å². The van der Waals surface area contributed by atoms with Crippen LogP contribution in [0, 0.1) is 11.3 Å². The van der Waals surface area contributed by atoms with Gasteiger partial charge in [0.25, 0.3) is 0 Å². The average Bonchev–Trinajstić information content (AvgIpc) is 3.11. The van der Waals surface area contributed by atoms with Gasteiger partial charge in [-0.3, -0.25) is 10.2 Å². The third kappa shape index (κ3) is 3.45. The number of halogens is 1. The van der Waals surface area contributed by atoms with Crippen molar-refractivity contribution in [2.45, 2.75) is 37.7 Å². The summed E-state index contributed by atoms with van der Waals surface area (Å²) >= 11 is 6.25. The first kappa shape index (κ1) is 15.2. The minimum absolute atomic E-state index is 0.0721. The molecule has 2 aliphatic rings. The molecule has 0 radical (unpaired) electrons. The molecule has 20 heavy (non-hydrogen) atoms. The second-order valence-corrected chi connectivity index (χ2v) is 6.85. The molecule has 0 spiro atoms. The smallest absolute Gasteiger partial charge is 0.225 e. The highest BCUT2D eigenvalue weighted by molar-refractivity contribution is 6.28.